The number of hydrogen-bond acceptors (Lipinski definition) is 5. The quantitative estimate of drug-likeness (QED) is 0.496. The molecule has 0 spiro atoms. The number of carbonyl (C=O) groups excluding carboxylic acids is 3. The van der Waals surface area contributed by atoms with E-state index in [0.717, 1.165) is 6.92 Å². The lowest BCUT2D eigenvalue weighted by Crippen LogP contribution is -2.39. The molecule has 1 unspecified atom stereocenters. The molecule has 1 atom stereocenters. The van der Waals surface area contributed by atoms with Crippen molar-refractivity contribution in [3.05, 3.63) is 0 Å². The highest BCUT2D eigenvalue weighted by Gasteiger charge is 2.43. The van der Waals surface area contributed by atoms with Gasteiger partial charge in [0, 0.05) is 6.92 Å². The Bertz CT molecular complexity index is 258. The Kier molecular flexibility index (Phi) is 4.27. The molecule has 14 heavy (non-hydrogen) atoms. The standard InChI is InChI=1S/C9H14O5/c1-5-9(3,7(11)13-4)8(12)14-6(2)10/h5H2,1-4H3. The fraction of sp³-hybridized carbons (Fsp3) is 0.667. The van der Waals surface area contributed by atoms with Crippen LogP contribution in [0, 0.1) is 5.41 Å². The third-order valence-electron chi connectivity index (χ3n) is 2.03. The van der Waals surface area contributed by atoms with Gasteiger partial charge in [-0.05, 0) is 13.3 Å². The van der Waals surface area contributed by atoms with Crippen LogP contribution in [-0.4, -0.2) is 25.0 Å². The minimum atomic E-state index is -1.40. The van der Waals surface area contributed by atoms with Crippen LogP contribution in [0.4, 0.5) is 0 Å². The largest absolute Gasteiger partial charge is 0.468 e. The van der Waals surface area contributed by atoms with Gasteiger partial charge >= 0.3 is 17.9 Å². The van der Waals surface area contributed by atoms with Crippen molar-refractivity contribution in [2.45, 2.75) is 27.2 Å². The number of hydrogen-bond donors (Lipinski definition) is 0. The minimum Gasteiger partial charge on any atom is -0.468 e. The van der Waals surface area contributed by atoms with Crippen LogP contribution in [0.1, 0.15) is 27.2 Å². The summed E-state index contributed by atoms with van der Waals surface area (Å²) in [6.45, 7) is 4.12. The van der Waals surface area contributed by atoms with Crippen molar-refractivity contribution < 1.29 is 23.9 Å². The van der Waals surface area contributed by atoms with Gasteiger partial charge in [-0.25, -0.2) is 0 Å². The maximum Gasteiger partial charge on any atom is 0.330 e. The lowest BCUT2D eigenvalue weighted by atomic mass is 9.88. The van der Waals surface area contributed by atoms with Crippen molar-refractivity contribution in [3.8, 4) is 0 Å². The second kappa shape index (κ2) is 4.74. The maximum absolute atomic E-state index is 11.4. The highest BCUT2D eigenvalue weighted by Crippen LogP contribution is 2.24. The Balaban J connectivity index is 4.76. The Hall–Kier alpha value is -1.39. The van der Waals surface area contributed by atoms with Gasteiger partial charge in [-0.15, -0.1) is 0 Å². The van der Waals surface area contributed by atoms with E-state index in [1.54, 1.807) is 6.92 Å². The Morgan fingerprint density at radius 3 is 2.00 bits per heavy atom. The number of methoxy groups -OCH3 is 1. The van der Waals surface area contributed by atoms with Gasteiger partial charge in [0.1, 0.15) is 0 Å². The van der Waals surface area contributed by atoms with E-state index >= 15 is 0 Å². The number of ether oxygens (including phenoxy) is 2. The Labute approximate surface area is 82.4 Å². The first-order valence-corrected chi connectivity index (χ1v) is 4.19. The number of carbonyl (C=O) groups is 3. The van der Waals surface area contributed by atoms with E-state index in [9.17, 15) is 14.4 Å². The van der Waals surface area contributed by atoms with Gasteiger partial charge in [-0.3, -0.25) is 14.4 Å². The summed E-state index contributed by atoms with van der Waals surface area (Å²) in [6.07, 6.45) is 0.214. The van der Waals surface area contributed by atoms with Gasteiger partial charge < -0.3 is 9.47 Å². The van der Waals surface area contributed by atoms with Gasteiger partial charge in [0.25, 0.3) is 0 Å². The van der Waals surface area contributed by atoms with E-state index in [1.807, 2.05) is 0 Å². The smallest absolute Gasteiger partial charge is 0.330 e. The van der Waals surface area contributed by atoms with E-state index in [2.05, 4.69) is 9.47 Å². The molecule has 0 aromatic rings. The van der Waals surface area contributed by atoms with Crippen molar-refractivity contribution in [2.24, 2.45) is 5.41 Å². The number of rotatable bonds is 3. The summed E-state index contributed by atoms with van der Waals surface area (Å²) in [6, 6.07) is 0. The van der Waals surface area contributed by atoms with Crippen LogP contribution in [0.3, 0.4) is 0 Å². The Morgan fingerprint density at radius 2 is 1.71 bits per heavy atom. The lowest BCUT2D eigenvalue weighted by Gasteiger charge is -2.21. The summed E-state index contributed by atoms with van der Waals surface area (Å²) in [4.78, 5) is 33.1. The molecule has 0 rings (SSSR count). The van der Waals surface area contributed by atoms with Crippen LogP contribution < -0.4 is 0 Å². The molecule has 5 nitrogen and oxygen atoms in total. The third kappa shape index (κ3) is 2.55. The van der Waals surface area contributed by atoms with Crippen LogP contribution in [0.25, 0.3) is 0 Å². The van der Waals surface area contributed by atoms with Crippen LogP contribution >= 0.6 is 0 Å². The fourth-order valence-corrected chi connectivity index (χ4v) is 0.840. The van der Waals surface area contributed by atoms with Crippen LogP contribution in [0.15, 0.2) is 0 Å². The molecule has 0 aromatic carbocycles. The molecule has 0 amide bonds. The zero-order chi connectivity index (χ0) is 11.4. The monoisotopic (exact) mass is 202 g/mol. The summed E-state index contributed by atoms with van der Waals surface area (Å²) >= 11 is 0. The molecule has 0 radical (unpaired) electrons. The van der Waals surface area contributed by atoms with Gasteiger partial charge in [-0.2, -0.15) is 0 Å². The topological polar surface area (TPSA) is 69.7 Å². The van der Waals surface area contributed by atoms with Crippen molar-refractivity contribution in [1.82, 2.24) is 0 Å². The van der Waals surface area contributed by atoms with Crippen molar-refractivity contribution in [3.63, 3.8) is 0 Å². The molecule has 0 aliphatic heterocycles. The molecule has 0 heterocycles. The summed E-state index contributed by atoms with van der Waals surface area (Å²) in [5.41, 5.74) is -1.40. The first-order valence-electron chi connectivity index (χ1n) is 4.19. The zero-order valence-electron chi connectivity index (χ0n) is 8.75. The molecule has 0 aromatic heterocycles. The summed E-state index contributed by atoms with van der Waals surface area (Å²) < 4.78 is 8.81. The second-order valence-electron chi connectivity index (χ2n) is 3.06. The van der Waals surface area contributed by atoms with Crippen molar-refractivity contribution in [2.75, 3.05) is 7.11 Å². The van der Waals surface area contributed by atoms with Crippen LogP contribution in [0.2, 0.25) is 0 Å². The predicted molar refractivity (Wildman–Crippen MR) is 47.2 cm³/mol. The average molecular weight is 202 g/mol. The molecule has 0 aliphatic rings. The van der Waals surface area contributed by atoms with E-state index in [1.165, 1.54) is 14.0 Å². The molecule has 0 N–H and O–H groups in total. The first-order chi connectivity index (χ1) is 6.38. The zero-order valence-corrected chi connectivity index (χ0v) is 8.75. The molecule has 0 fully saturated rings. The second-order valence-corrected chi connectivity index (χ2v) is 3.06. The molecule has 0 saturated heterocycles. The van der Waals surface area contributed by atoms with Gasteiger partial charge in [-0.1, -0.05) is 6.92 Å². The van der Waals surface area contributed by atoms with E-state index in [-0.39, 0.29) is 6.42 Å². The van der Waals surface area contributed by atoms with Gasteiger partial charge in [0.2, 0.25) is 0 Å². The van der Waals surface area contributed by atoms with E-state index in [4.69, 9.17) is 0 Å². The summed E-state index contributed by atoms with van der Waals surface area (Å²) in [5, 5.41) is 0. The average Bonchev–Trinajstić information content (AvgIpc) is 2.14. The highest BCUT2D eigenvalue weighted by atomic mass is 16.6. The number of esters is 3. The normalized spacial score (nSPS) is 14.0. The maximum atomic E-state index is 11.4. The molecule has 0 saturated carbocycles. The van der Waals surface area contributed by atoms with Crippen LogP contribution in [0.5, 0.6) is 0 Å². The van der Waals surface area contributed by atoms with Crippen molar-refractivity contribution in [1.29, 1.82) is 0 Å². The van der Waals surface area contributed by atoms with E-state index < -0.39 is 23.3 Å². The molecule has 80 valence electrons. The lowest BCUT2D eigenvalue weighted by molar-refractivity contribution is -0.173. The molecule has 0 aliphatic carbocycles. The SMILES string of the molecule is CCC(C)(C(=O)OC)C(=O)OC(C)=O. The Morgan fingerprint density at radius 1 is 1.21 bits per heavy atom. The molecule has 5 heteroatoms. The molecule has 0 bridgehead atoms. The summed E-state index contributed by atoms with van der Waals surface area (Å²) in [7, 11) is 1.18. The fourth-order valence-electron chi connectivity index (χ4n) is 0.840. The first kappa shape index (κ1) is 12.6. The molecular formula is C9H14O5. The van der Waals surface area contributed by atoms with E-state index in [0.29, 0.717) is 0 Å². The predicted octanol–water partition coefficient (Wildman–Crippen LogP) is 0.665. The summed E-state index contributed by atoms with van der Waals surface area (Å²) in [5.74, 6) is -2.32. The third-order valence-corrected chi connectivity index (χ3v) is 2.03. The van der Waals surface area contributed by atoms with Gasteiger partial charge in [0.05, 0.1) is 7.11 Å². The van der Waals surface area contributed by atoms with Crippen LogP contribution in [-0.2, 0) is 23.9 Å². The van der Waals surface area contributed by atoms with Gasteiger partial charge in [0.15, 0.2) is 5.41 Å². The van der Waals surface area contributed by atoms with Crippen molar-refractivity contribution >= 4 is 17.9 Å². The minimum absolute atomic E-state index is 0.214. The molecular weight excluding hydrogens is 188 g/mol. The highest BCUT2D eigenvalue weighted by molar-refractivity contribution is 6.02.